The second-order valence-electron chi connectivity index (χ2n) is 23.5. The Morgan fingerprint density at radius 3 is 1.23 bits per heavy atom. The van der Waals surface area contributed by atoms with E-state index in [-0.39, 0.29) is 46.6 Å². The van der Waals surface area contributed by atoms with Crippen LogP contribution in [0.2, 0.25) is 0 Å². The van der Waals surface area contributed by atoms with Crippen LogP contribution in [0.5, 0.6) is 23.0 Å². The van der Waals surface area contributed by atoms with Gasteiger partial charge < -0.3 is 67.4 Å². The molecule has 4 aromatic carbocycles. The molecule has 4 fully saturated rings. The van der Waals surface area contributed by atoms with Crippen molar-refractivity contribution in [3.63, 3.8) is 0 Å². The first-order valence-corrected chi connectivity index (χ1v) is 30.4. The first kappa shape index (κ1) is 65.1. The normalized spacial score (nSPS) is 14.7. The van der Waals surface area contributed by atoms with Crippen LogP contribution in [0.4, 0.5) is 76.1 Å². The lowest BCUT2D eigenvalue weighted by atomic mass is 9.91. The van der Waals surface area contributed by atoms with Gasteiger partial charge in [-0.15, -0.1) is 0 Å². The number of likely N-dealkylation sites (tertiary alicyclic amines) is 3. The fourth-order valence-corrected chi connectivity index (χ4v) is 11.5. The van der Waals surface area contributed by atoms with Gasteiger partial charge in [0.25, 0.3) is 5.69 Å². The molecule has 0 radical (unpaired) electrons. The number of carbonyl (C=O) groups excluding carboxylic acids is 2. The van der Waals surface area contributed by atoms with E-state index in [1.165, 1.54) is 29.2 Å². The van der Waals surface area contributed by atoms with Gasteiger partial charge in [0.15, 0.2) is 0 Å². The van der Waals surface area contributed by atoms with Crippen molar-refractivity contribution in [2.75, 3.05) is 88.2 Å². The second kappa shape index (κ2) is 27.5. The molecule has 0 spiro atoms. The minimum Gasteiger partial charge on any atom is -0.433 e. The summed E-state index contributed by atoms with van der Waals surface area (Å²) < 4.78 is 104. The van der Waals surface area contributed by atoms with Crippen LogP contribution in [0.1, 0.15) is 40.9 Å². The third kappa shape index (κ3) is 14.0. The zero-order valence-corrected chi connectivity index (χ0v) is 52.7. The number of pyridine rings is 3. The van der Waals surface area contributed by atoms with E-state index in [0.29, 0.717) is 72.1 Å². The minimum absolute atomic E-state index is 0.0150. The van der Waals surface area contributed by atoms with Gasteiger partial charge in [0, 0.05) is 143 Å². The number of nitro groups is 1. The molecule has 31 heteroatoms. The van der Waals surface area contributed by atoms with E-state index in [2.05, 4.69) is 35.2 Å². The maximum absolute atomic E-state index is 13.3. The van der Waals surface area contributed by atoms with Crippen molar-refractivity contribution in [1.29, 1.82) is 0 Å². The van der Waals surface area contributed by atoms with Crippen LogP contribution in [-0.4, -0.2) is 169 Å². The summed E-state index contributed by atoms with van der Waals surface area (Å²) in [5, 5.41) is 13.9. The number of ether oxygens (including phenoxy) is 4. The van der Waals surface area contributed by atoms with Crippen LogP contribution in [-0.2, 0) is 21.1 Å². The Labute approximate surface area is 544 Å². The molecule has 25 nitrogen and oxygen atoms in total. The number of urea groups is 1. The molecule has 14 rings (SSSR count). The van der Waals surface area contributed by atoms with Gasteiger partial charge in [-0.25, -0.2) is 39.5 Å². The Morgan fingerprint density at radius 2 is 0.896 bits per heavy atom. The summed E-state index contributed by atoms with van der Waals surface area (Å²) in [5.74, 6) is 2.46. The van der Waals surface area contributed by atoms with E-state index in [1.54, 1.807) is 121 Å². The van der Waals surface area contributed by atoms with E-state index in [4.69, 9.17) is 18.9 Å². The van der Waals surface area contributed by atoms with Crippen molar-refractivity contribution in [3.8, 4) is 23.0 Å². The molecule has 1 N–H and O–H groups in total. The Kier molecular flexibility index (Phi) is 18.7. The zero-order chi connectivity index (χ0) is 67.6. The van der Waals surface area contributed by atoms with Crippen LogP contribution in [0, 0.1) is 10.1 Å². The number of imidazole rings is 3. The molecule has 4 aliphatic heterocycles. The van der Waals surface area contributed by atoms with Crippen LogP contribution in [0.25, 0.3) is 33.1 Å². The number of rotatable bonds is 17. The molecule has 6 aromatic heterocycles. The lowest BCUT2D eigenvalue weighted by Crippen LogP contribution is -2.56. The summed E-state index contributed by atoms with van der Waals surface area (Å²) in [7, 11) is 10.9. The molecule has 0 bridgehead atoms. The molecule has 0 aliphatic carbocycles. The van der Waals surface area contributed by atoms with Crippen molar-refractivity contribution in [1.82, 2.24) is 63.6 Å². The Bertz CT molecular complexity index is 4480. The highest BCUT2D eigenvalue weighted by Gasteiger charge is 2.37. The summed E-state index contributed by atoms with van der Waals surface area (Å²) in [6, 6.07) is 26.6. The highest BCUT2D eigenvalue weighted by Crippen LogP contribution is 2.42. The molecular formula is C65H65F6N17O8. The van der Waals surface area contributed by atoms with Gasteiger partial charge >= 0.3 is 32.0 Å². The fourth-order valence-electron chi connectivity index (χ4n) is 11.5. The number of nitrogens with one attached hydrogen (secondary N) is 1. The van der Waals surface area contributed by atoms with E-state index < -0.39 is 30.9 Å². The quantitative estimate of drug-likeness (QED) is 0.0506. The van der Waals surface area contributed by atoms with Crippen LogP contribution in [0.15, 0.2) is 135 Å². The molecule has 10 aromatic rings. The van der Waals surface area contributed by atoms with Crippen LogP contribution in [0.3, 0.4) is 0 Å². The lowest BCUT2D eigenvalue weighted by Gasteiger charge is -2.44. The first-order valence-electron chi connectivity index (χ1n) is 30.4. The molecule has 96 heavy (non-hydrogen) atoms. The minimum atomic E-state index is -3.03. The van der Waals surface area contributed by atoms with Crippen molar-refractivity contribution in [3.05, 3.63) is 161 Å². The van der Waals surface area contributed by atoms with Crippen molar-refractivity contribution in [2.45, 2.75) is 44.0 Å². The van der Waals surface area contributed by atoms with Gasteiger partial charge in [0.05, 0.1) is 76.1 Å². The number of aromatic nitrogens is 9. The summed E-state index contributed by atoms with van der Waals surface area (Å²) >= 11 is 0. The number of alkyl halides is 6. The number of nitro benzene ring substituents is 1. The van der Waals surface area contributed by atoms with Gasteiger partial charge in [-0.1, -0.05) is 18.2 Å². The number of fused-ring (bicyclic) bond motifs is 3. The van der Waals surface area contributed by atoms with E-state index in [0.717, 1.165) is 76.9 Å². The average molecular weight is 1330 g/mol. The number of hydrogen-bond acceptors (Lipinski definition) is 18. The number of hydrogen-bond donors (Lipinski definition) is 1. The standard InChI is InChI=1S/C25H22F2N6O5.C22H24F2N6O2.C18H19F2N5O/c1-30-14-29-19-11-28-23(10-21(19)30)31(2)20-8-3-15(9-22(20)38-24(26)27)16-12-32(13-16)25(34)37-18-6-4-17(5-7-18)33(35)36;1-27-13-26-16-10-25-20(9-18(16)27)28(2)17-5-4-14(8-19(17)32-21(23)24)15-11-30(12-15)22(31)29-6-3-7-29;1-24-10-23-13-9-22-17(6-15(13)24)25(2)14-4-3-11(12-7-21-8-12)5-16(14)26-18(19)20/h3-11,14,16,24H,12-13H2,1-2H3;4-5,8-10,13,15,21H,3,6-7,11-12H2,1-2H3;3-6,9-10,12,18,21H,7-8H2,1-2H3. The maximum atomic E-state index is 13.3. The van der Waals surface area contributed by atoms with Crippen molar-refractivity contribution < 1.29 is 59.8 Å². The number of halogens is 6. The predicted octanol–water partition coefficient (Wildman–Crippen LogP) is 11.4. The van der Waals surface area contributed by atoms with E-state index in [1.807, 2.05) is 70.1 Å². The summed E-state index contributed by atoms with van der Waals surface area (Å²) in [5.41, 5.74) is 8.79. The molecular weight excluding hydrogens is 1260 g/mol. The number of carbonyl (C=O) groups is 2. The number of nitrogens with zero attached hydrogens (tertiary/aromatic N) is 16. The van der Waals surface area contributed by atoms with Gasteiger partial charge in [-0.05, 0) is 71.6 Å². The highest BCUT2D eigenvalue weighted by atomic mass is 19.3. The van der Waals surface area contributed by atoms with Gasteiger partial charge in [0.2, 0.25) is 0 Å². The van der Waals surface area contributed by atoms with Crippen LogP contribution >= 0.6 is 0 Å². The Hall–Kier alpha value is -11.0. The zero-order valence-electron chi connectivity index (χ0n) is 52.7. The van der Waals surface area contributed by atoms with Crippen molar-refractivity contribution in [2.24, 2.45) is 21.1 Å². The molecule has 3 amide bonds. The first-order chi connectivity index (χ1) is 46.1. The van der Waals surface area contributed by atoms with Crippen LogP contribution < -0.4 is 39.0 Å². The van der Waals surface area contributed by atoms with Gasteiger partial charge in [0.1, 0.15) is 57.0 Å². The second-order valence-corrected chi connectivity index (χ2v) is 23.5. The maximum Gasteiger partial charge on any atom is 0.415 e. The number of benzene rings is 4. The number of amides is 3. The topological polar surface area (TPSA) is 238 Å². The fraction of sp³-hybridized carbons (Fsp3) is 0.323. The molecule has 4 saturated heterocycles. The summed E-state index contributed by atoms with van der Waals surface area (Å²) in [6.07, 6.45) is 10.5. The molecule has 10 heterocycles. The number of anilines is 6. The SMILES string of the molecule is CN(c1cc2c(cn1)ncn2C)c1ccc(C2CN(C(=O)N3CCC3)C2)cc1OC(F)F.CN(c1cc2c(cn1)ncn2C)c1ccc(C2CN(C(=O)Oc3ccc([N+](=O)[O-])cc3)C2)cc1OC(F)F.CN(c1cc2c(cn1)ncn2C)c1ccc(C2CNC2)cc1OC(F)F. The molecule has 0 atom stereocenters. The Balaban J connectivity index is 0.000000140. The molecule has 500 valence electrons. The summed E-state index contributed by atoms with van der Waals surface area (Å²) in [4.78, 5) is 71.1. The third-order valence-electron chi connectivity index (χ3n) is 17.4. The summed E-state index contributed by atoms with van der Waals surface area (Å²) in [6.45, 7) is -3.75. The Morgan fingerprint density at radius 1 is 0.521 bits per heavy atom. The smallest absolute Gasteiger partial charge is 0.415 e. The van der Waals surface area contributed by atoms with Crippen molar-refractivity contribution >= 4 is 85.4 Å². The largest absolute Gasteiger partial charge is 0.433 e. The molecule has 0 saturated carbocycles. The number of non-ortho nitro benzene ring substituents is 1. The third-order valence-corrected chi connectivity index (χ3v) is 17.4. The average Bonchev–Trinajstić information content (AvgIpc) is 0.897. The monoisotopic (exact) mass is 1330 g/mol. The van der Waals surface area contributed by atoms with E-state index >= 15 is 0 Å². The number of aryl methyl sites for hydroxylation is 3. The lowest BCUT2D eigenvalue weighted by molar-refractivity contribution is -0.384. The van der Waals surface area contributed by atoms with Gasteiger partial charge in [-0.2, -0.15) is 26.3 Å². The van der Waals surface area contributed by atoms with Gasteiger partial charge in [-0.3, -0.25) is 10.1 Å². The molecule has 4 aliphatic rings. The molecule has 0 unspecified atom stereocenters. The highest BCUT2D eigenvalue weighted by molar-refractivity contribution is 5.83. The predicted molar refractivity (Wildman–Crippen MR) is 344 cm³/mol. The van der Waals surface area contributed by atoms with E-state index in [9.17, 15) is 46.0 Å².